The number of carbonyl (C=O) groups is 2. The summed E-state index contributed by atoms with van der Waals surface area (Å²) in [5, 5.41) is 11.9. The van der Waals surface area contributed by atoms with E-state index < -0.39 is 17.6 Å². The summed E-state index contributed by atoms with van der Waals surface area (Å²) >= 11 is 3.09. The van der Waals surface area contributed by atoms with Gasteiger partial charge in [-0.2, -0.15) is 5.26 Å². The van der Waals surface area contributed by atoms with E-state index in [9.17, 15) is 9.59 Å². The summed E-state index contributed by atoms with van der Waals surface area (Å²) in [5.74, 6) is -2.47. The average molecular weight is 339 g/mol. The highest BCUT2D eigenvalue weighted by molar-refractivity contribution is 9.10. The van der Waals surface area contributed by atoms with Gasteiger partial charge in [-0.1, -0.05) is 19.3 Å². The van der Waals surface area contributed by atoms with Gasteiger partial charge in [0.2, 0.25) is 11.7 Å². The number of nitrogens with one attached hydrogen (secondary N) is 1. The van der Waals surface area contributed by atoms with Crippen LogP contribution in [0, 0.1) is 17.2 Å². The molecule has 1 aliphatic carbocycles. The van der Waals surface area contributed by atoms with Crippen molar-refractivity contribution in [2.45, 2.75) is 38.1 Å². The summed E-state index contributed by atoms with van der Waals surface area (Å²) in [7, 11) is 0. The van der Waals surface area contributed by atoms with Crippen LogP contribution in [0.25, 0.3) is 0 Å². The van der Waals surface area contributed by atoms with Gasteiger partial charge in [-0.15, -0.1) is 0 Å². The number of furan rings is 1. The Balaban J connectivity index is 2.02. The second-order valence-corrected chi connectivity index (χ2v) is 5.66. The summed E-state index contributed by atoms with van der Waals surface area (Å²) in [6, 6.07) is 4.84. The quantitative estimate of drug-likeness (QED) is 0.675. The van der Waals surface area contributed by atoms with Crippen molar-refractivity contribution in [3.05, 3.63) is 22.6 Å². The lowest BCUT2D eigenvalue weighted by molar-refractivity contribution is -0.123. The van der Waals surface area contributed by atoms with E-state index >= 15 is 0 Å². The van der Waals surface area contributed by atoms with Crippen molar-refractivity contribution in [2.75, 3.05) is 0 Å². The molecule has 0 saturated heterocycles. The number of hydrogen-bond donors (Lipinski definition) is 1. The molecule has 2 rings (SSSR count). The largest absolute Gasteiger partial charge is 0.446 e. The van der Waals surface area contributed by atoms with E-state index in [1.807, 2.05) is 0 Å². The molecular weight excluding hydrogens is 324 g/mol. The summed E-state index contributed by atoms with van der Waals surface area (Å²) in [6.07, 6.45) is 5.13. The molecule has 6 heteroatoms. The van der Waals surface area contributed by atoms with Gasteiger partial charge in [0.15, 0.2) is 16.3 Å². The number of halogens is 1. The SMILES string of the molecule is N#C[C@H](C(=O)NC1CCCCC1)C(=O)c1ccc(Br)o1. The van der Waals surface area contributed by atoms with Crippen molar-refractivity contribution in [1.82, 2.24) is 5.32 Å². The average Bonchev–Trinajstić information content (AvgIpc) is 2.87. The van der Waals surface area contributed by atoms with Crippen LogP contribution in [0.2, 0.25) is 0 Å². The predicted octanol–water partition coefficient (Wildman–Crippen LogP) is 2.81. The van der Waals surface area contributed by atoms with Crippen molar-refractivity contribution in [3.63, 3.8) is 0 Å². The van der Waals surface area contributed by atoms with Crippen molar-refractivity contribution in [1.29, 1.82) is 5.26 Å². The third-order valence-electron chi connectivity index (χ3n) is 3.42. The Hall–Kier alpha value is -1.61. The van der Waals surface area contributed by atoms with Crippen molar-refractivity contribution in [2.24, 2.45) is 5.92 Å². The van der Waals surface area contributed by atoms with Crippen LogP contribution in [0.3, 0.4) is 0 Å². The summed E-state index contributed by atoms with van der Waals surface area (Å²) in [4.78, 5) is 24.1. The van der Waals surface area contributed by atoms with E-state index in [2.05, 4.69) is 21.2 Å². The normalized spacial score (nSPS) is 17.2. The standard InChI is InChI=1S/C14H15BrN2O3/c15-12-7-6-11(20-12)13(18)10(8-16)14(19)17-9-4-2-1-3-5-9/h6-7,9-10H,1-5H2,(H,17,19)/t10-/m0/s1. The van der Waals surface area contributed by atoms with Gasteiger partial charge in [-0.05, 0) is 40.9 Å². The lowest BCUT2D eigenvalue weighted by Crippen LogP contribution is -2.41. The van der Waals surface area contributed by atoms with Crippen LogP contribution < -0.4 is 5.32 Å². The van der Waals surface area contributed by atoms with Crippen LogP contribution in [0.1, 0.15) is 42.7 Å². The fourth-order valence-corrected chi connectivity index (χ4v) is 2.66. The topological polar surface area (TPSA) is 83.1 Å². The number of nitriles is 1. The zero-order chi connectivity index (χ0) is 14.5. The van der Waals surface area contributed by atoms with Gasteiger partial charge in [0, 0.05) is 6.04 Å². The smallest absolute Gasteiger partial charge is 0.245 e. The minimum absolute atomic E-state index is 0.0159. The predicted molar refractivity (Wildman–Crippen MR) is 74.9 cm³/mol. The van der Waals surface area contributed by atoms with Crippen LogP contribution in [0.4, 0.5) is 0 Å². The van der Waals surface area contributed by atoms with Crippen LogP contribution >= 0.6 is 15.9 Å². The maximum Gasteiger partial charge on any atom is 0.245 e. The third kappa shape index (κ3) is 3.48. The molecule has 1 aromatic heterocycles. The van der Waals surface area contributed by atoms with E-state index in [4.69, 9.17) is 9.68 Å². The second-order valence-electron chi connectivity index (χ2n) is 4.87. The first-order valence-electron chi connectivity index (χ1n) is 6.61. The van der Waals surface area contributed by atoms with Crippen LogP contribution in [-0.4, -0.2) is 17.7 Å². The molecule has 20 heavy (non-hydrogen) atoms. The molecule has 1 aliphatic rings. The number of hydrogen-bond acceptors (Lipinski definition) is 4. The van der Waals surface area contributed by atoms with Crippen LogP contribution in [0.15, 0.2) is 21.2 Å². The Morgan fingerprint density at radius 2 is 2.05 bits per heavy atom. The first-order valence-corrected chi connectivity index (χ1v) is 7.40. The highest BCUT2D eigenvalue weighted by Gasteiger charge is 2.31. The van der Waals surface area contributed by atoms with E-state index in [1.54, 1.807) is 12.1 Å². The molecule has 0 spiro atoms. The van der Waals surface area contributed by atoms with E-state index in [0.29, 0.717) is 4.67 Å². The number of nitrogens with zero attached hydrogens (tertiary/aromatic N) is 1. The Labute approximate surface area is 125 Å². The molecule has 106 valence electrons. The Morgan fingerprint density at radius 3 is 2.60 bits per heavy atom. The van der Waals surface area contributed by atoms with E-state index in [1.165, 1.54) is 12.5 Å². The number of rotatable bonds is 4. The molecule has 0 aliphatic heterocycles. The van der Waals surface area contributed by atoms with Crippen molar-refractivity contribution >= 4 is 27.6 Å². The second kappa shape index (κ2) is 6.71. The van der Waals surface area contributed by atoms with Gasteiger partial charge in [0.25, 0.3) is 0 Å². The van der Waals surface area contributed by atoms with Gasteiger partial charge >= 0.3 is 0 Å². The molecule has 1 saturated carbocycles. The summed E-state index contributed by atoms with van der Waals surface area (Å²) in [6.45, 7) is 0. The van der Waals surface area contributed by atoms with Gasteiger partial charge in [0.05, 0.1) is 6.07 Å². The molecule has 0 unspecified atom stereocenters. The highest BCUT2D eigenvalue weighted by atomic mass is 79.9. The third-order valence-corrected chi connectivity index (χ3v) is 3.85. The molecule has 1 atom stereocenters. The number of amides is 1. The molecule has 5 nitrogen and oxygen atoms in total. The van der Waals surface area contributed by atoms with Gasteiger partial charge in [0.1, 0.15) is 0 Å². The fraction of sp³-hybridized carbons (Fsp3) is 0.500. The van der Waals surface area contributed by atoms with Gasteiger partial charge in [-0.3, -0.25) is 9.59 Å². The highest BCUT2D eigenvalue weighted by Crippen LogP contribution is 2.20. The molecular formula is C14H15BrN2O3. The molecule has 1 heterocycles. The summed E-state index contributed by atoms with van der Waals surface area (Å²) < 4.78 is 5.50. The molecule has 1 aromatic rings. The van der Waals surface area contributed by atoms with Crippen molar-refractivity contribution < 1.29 is 14.0 Å². The van der Waals surface area contributed by atoms with Gasteiger partial charge in [-0.25, -0.2) is 0 Å². The minimum Gasteiger partial charge on any atom is -0.446 e. The lowest BCUT2D eigenvalue weighted by atomic mass is 9.94. The molecule has 0 radical (unpaired) electrons. The monoisotopic (exact) mass is 338 g/mol. The fourth-order valence-electron chi connectivity index (χ4n) is 2.36. The number of Topliss-reactive ketones (excluding diaryl/α,β-unsaturated/α-hetero) is 1. The van der Waals surface area contributed by atoms with Crippen molar-refractivity contribution in [3.8, 4) is 6.07 Å². The lowest BCUT2D eigenvalue weighted by Gasteiger charge is -2.23. The Kier molecular flexibility index (Phi) is 4.96. The molecule has 1 fully saturated rings. The van der Waals surface area contributed by atoms with E-state index in [-0.39, 0.29) is 11.8 Å². The number of ketones is 1. The van der Waals surface area contributed by atoms with Crippen LogP contribution in [-0.2, 0) is 4.79 Å². The zero-order valence-electron chi connectivity index (χ0n) is 10.9. The first kappa shape index (κ1) is 14.8. The number of carbonyl (C=O) groups excluding carboxylic acids is 2. The maximum atomic E-state index is 12.1. The maximum absolute atomic E-state index is 12.1. The van der Waals surface area contributed by atoms with E-state index in [0.717, 1.165) is 25.7 Å². The Bertz CT molecular complexity index is 541. The molecule has 1 amide bonds. The first-order chi connectivity index (χ1) is 9.61. The molecule has 1 N–H and O–H groups in total. The van der Waals surface area contributed by atoms with Gasteiger partial charge < -0.3 is 9.73 Å². The molecule has 0 aromatic carbocycles. The minimum atomic E-state index is -1.35. The summed E-state index contributed by atoms with van der Waals surface area (Å²) in [5.41, 5.74) is 0. The molecule has 0 bridgehead atoms. The van der Waals surface area contributed by atoms with Crippen LogP contribution in [0.5, 0.6) is 0 Å². The zero-order valence-corrected chi connectivity index (χ0v) is 12.5. The Morgan fingerprint density at radius 1 is 1.35 bits per heavy atom.